The van der Waals surface area contributed by atoms with E-state index in [1.54, 1.807) is 6.92 Å². The standard InChI is InChI=1S/C14H15NO3/c1-2-18-14(17)11-7-9-3-4-12(16)15-6-5-10(8-11)13(9)15/h7-8H,2-6H2,1H3. The Labute approximate surface area is 106 Å². The van der Waals surface area contributed by atoms with E-state index in [1.807, 2.05) is 17.0 Å². The number of amides is 1. The number of benzene rings is 1. The normalized spacial score (nSPS) is 16.7. The van der Waals surface area contributed by atoms with Gasteiger partial charge in [0.15, 0.2) is 0 Å². The molecule has 0 atom stereocenters. The lowest BCUT2D eigenvalue weighted by atomic mass is 9.97. The quantitative estimate of drug-likeness (QED) is 0.745. The number of anilines is 1. The molecule has 0 bridgehead atoms. The van der Waals surface area contributed by atoms with Gasteiger partial charge in [-0.3, -0.25) is 4.79 Å². The molecule has 1 amide bonds. The maximum atomic E-state index is 11.8. The zero-order valence-corrected chi connectivity index (χ0v) is 10.4. The number of esters is 1. The van der Waals surface area contributed by atoms with Gasteiger partial charge in [-0.05, 0) is 43.0 Å². The van der Waals surface area contributed by atoms with Gasteiger partial charge in [0.05, 0.1) is 17.9 Å². The van der Waals surface area contributed by atoms with Gasteiger partial charge in [-0.25, -0.2) is 4.79 Å². The van der Waals surface area contributed by atoms with Gasteiger partial charge in [-0.1, -0.05) is 0 Å². The molecule has 0 spiro atoms. The van der Waals surface area contributed by atoms with Crippen molar-refractivity contribution in [2.75, 3.05) is 18.1 Å². The average molecular weight is 245 g/mol. The number of ether oxygens (including phenoxy) is 1. The molecule has 0 unspecified atom stereocenters. The smallest absolute Gasteiger partial charge is 0.338 e. The van der Waals surface area contributed by atoms with Gasteiger partial charge in [0.1, 0.15) is 0 Å². The molecule has 0 saturated heterocycles. The molecule has 1 aromatic rings. The highest BCUT2D eigenvalue weighted by atomic mass is 16.5. The van der Waals surface area contributed by atoms with E-state index >= 15 is 0 Å². The Kier molecular flexibility index (Phi) is 2.58. The van der Waals surface area contributed by atoms with E-state index in [1.165, 1.54) is 0 Å². The molecule has 0 fully saturated rings. The second-order valence-electron chi connectivity index (χ2n) is 4.66. The molecule has 2 aliphatic rings. The van der Waals surface area contributed by atoms with E-state index in [0.29, 0.717) is 18.6 Å². The maximum Gasteiger partial charge on any atom is 0.338 e. The van der Waals surface area contributed by atoms with Crippen molar-refractivity contribution >= 4 is 17.6 Å². The molecule has 0 aliphatic carbocycles. The molecule has 0 aromatic heterocycles. The highest BCUT2D eigenvalue weighted by molar-refractivity contribution is 6.00. The van der Waals surface area contributed by atoms with Crippen molar-refractivity contribution in [3.05, 3.63) is 28.8 Å². The molecular weight excluding hydrogens is 230 g/mol. The number of carbonyl (C=O) groups excluding carboxylic acids is 2. The van der Waals surface area contributed by atoms with E-state index in [4.69, 9.17) is 4.74 Å². The van der Waals surface area contributed by atoms with Gasteiger partial charge in [0.2, 0.25) is 5.91 Å². The predicted molar refractivity (Wildman–Crippen MR) is 66.8 cm³/mol. The van der Waals surface area contributed by atoms with Crippen molar-refractivity contribution < 1.29 is 14.3 Å². The molecular formula is C14H15NO3. The first-order valence-electron chi connectivity index (χ1n) is 6.34. The largest absolute Gasteiger partial charge is 0.462 e. The van der Waals surface area contributed by atoms with Crippen LogP contribution in [0.1, 0.15) is 34.8 Å². The Morgan fingerprint density at radius 3 is 2.72 bits per heavy atom. The highest BCUT2D eigenvalue weighted by Crippen LogP contribution is 2.37. The van der Waals surface area contributed by atoms with Crippen LogP contribution in [-0.2, 0) is 22.4 Å². The second kappa shape index (κ2) is 4.12. The Morgan fingerprint density at radius 2 is 2.00 bits per heavy atom. The number of aryl methyl sites for hydroxylation is 1. The first-order valence-corrected chi connectivity index (χ1v) is 6.34. The van der Waals surface area contributed by atoms with Crippen LogP contribution in [0.2, 0.25) is 0 Å². The van der Waals surface area contributed by atoms with Crippen molar-refractivity contribution in [2.24, 2.45) is 0 Å². The highest BCUT2D eigenvalue weighted by Gasteiger charge is 2.32. The van der Waals surface area contributed by atoms with Gasteiger partial charge < -0.3 is 9.64 Å². The summed E-state index contributed by atoms with van der Waals surface area (Å²) in [6.45, 7) is 2.93. The van der Waals surface area contributed by atoms with Crippen molar-refractivity contribution in [2.45, 2.75) is 26.2 Å². The molecule has 4 nitrogen and oxygen atoms in total. The third kappa shape index (κ3) is 1.60. The first kappa shape index (κ1) is 11.3. The van der Waals surface area contributed by atoms with Crippen LogP contribution in [0.3, 0.4) is 0 Å². The first-order chi connectivity index (χ1) is 8.70. The Hall–Kier alpha value is -1.84. The summed E-state index contributed by atoms with van der Waals surface area (Å²) >= 11 is 0. The molecule has 94 valence electrons. The summed E-state index contributed by atoms with van der Waals surface area (Å²) < 4.78 is 5.03. The van der Waals surface area contributed by atoms with Gasteiger partial charge in [-0.15, -0.1) is 0 Å². The van der Waals surface area contributed by atoms with Crippen molar-refractivity contribution in [3.8, 4) is 0 Å². The van der Waals surface area contributed by atoms with E-state index in [-0.39, 0.29) is 11.9 Å². The van der Waals surface area contributed by atoms with Crippen LogP contribution in [-0.4, -0.2) is 25.0 Å². The summed E-state index contributed by atoms with van der Waals surface area (Å²) in [5.74, 6) is -0.0722. The molecule has 0 N–H and O–H groups in total. The fraction of sp³-hybridized carbons (Fsp3) is 0.429. The molecule has 2 aliphatic heterocycles. The van der Waals surface area contributed by atoms with Crippen LogP contribution in [0.25, 0.3) is 0 Å². The van der Waals surface area contributed by atoms with Crippen molar-refractivity contribution in [3.63, 3.8) is 0 Å². The molecule has 0 saturated carbocycles. The van der Waals surface area contributed by atoms with E-state index in [0.717, 1.165) is 36.2 Å². The summed E-state index contributed by atoms with van der Waals surface area (Å²) in [4.78, 5) is 25.4. The van der Waals surface area contributed by atoms with Crippen LogP contribution < -0.4 is 4.90 Å². The van der Waals surface area contributed by atoms with Crippen LogP contribution in [0.5, 0.6) is 0 Å². The summed E-state index contributed by atoms with van der Waals surface area (Å²) in [6.07, 6.45) is 2.10. The van der Waals surface area contributed by atoms with Crippen molar-refractivity contribution in [1.29, 1.82) is 0 Å². The third-order valence-electron chi connectivity index (χ3n) is 3.56. The minimum atomic E-state index is -0.271. The van der Waals surface area contributed by atoms with Gasteiger partial charge in [0.25, 0.3) is 0 Å². The average Bonchev–Trinajstić information content (AvgIpc) is 2.79. The number of rotatable bonds is 2. The zero-order valence-electron chi connectivity index (χ0n) is 10.4. The molecule has 3 rings (SSSR count). The molecule has 2 heterocycles. The van der Waals surface area contributed by atoms with E-state index in [2.05, 4.69) is 0 Å². The fourth-order valence-electron chi connectivity index (χ4n) is 2.79. The summed E-state index contributed by atoms with van der Waals surface area (Å²) in [6, 6.07) is 3.75. The summed E-state index contributed by atoms with van der Waals surface area (Å²) in [5, 5.41) is 0. The number of nitrogens with zero attached hydrogens (tertiary/aromatic N) is 1. The minimum Gasteiger partial charge on any atom is -0.462 e. The minimum absolute atomic E-state index is 0.199. The Bertz CT molecular complexity index is 536. The number of hydrogen-bond acceptors (Lipinski definition) is 3. The molecule has 1 aromatic carbocycles. The lowest BCUT2D eigenvalue weighted by molar-refractivity contribution is -0.118. The van der Waals surface area contributed by atoms with Gasteiger partial charge in [0, 0.05) is 13.0 Å². The Morgan fingerprint density at radius 1 is 1.28 bits per heavy atom. The number of carbonyl (C=O) groups is 2. The molecule has 18 heavy (non-hydrogen) atoms. The van der Waals surface area contributed by atoms with Crippen molar-refractivity contribution in [1.82, 2.24) is 0 Å². The summed E-state index contributed by atoms with van der Waals surface area (Å²) in [7, 11) is 0. The Balaban J connectivity index is 2.04. The topological polar surface area (TPSA) is 46.6 Å². The lowest BCUT2D eigenvalue weighted by Gasteiger charge is -2.25. The van der Waals surface area contributed by atoms with E-state index < -0.39 is 0 Å². The lowest BCUT2D eigenvalue weighted by Crippen LogP contribution is -2.32. The monoisotopic (exact) mass is 245 g/mol. The molecule has 0 radical (unpaired) electrons. The van der Waals surface area contributed by atoms with Gasteiger partial charge >= 0.3 is 5.97 Å². The van der Waals surface area contributed by atoms with Crippen LogP contribution in [0.15, 0.2) is 12.1 Å². The number of hydrogen-bond donors (Lipinski definition) is 0. The van der Waals surface area contributed by atoms with Crippen LogP contribution in [0.4, 0.5) is 5.69 Å². The summed E-state index contributed by atoms with van der Waals surface area (Å²) in [5.41, 5.74) is 3.86. The molecule has 4 heteroatoms. The second-order valence-corrected chi connectivity index (χ2v) is 4.66. The maximum absolute atomic E-state index is 11.8. The third-order valence-corrected chi connectivity index (χ3v) is 3.56. The van der Waals surface area contributed by atoms with Gasteiger partial charge in [-0.2, -0.15) is 0 Å². The van der Waals surface area contributed by atoms with Crippen LogP contribution in [0, 0.1) is 0 Å². The SMILES string of the molecule is CCOC(=O)c1cc2c3c(c1)CCN3C(=O)CC2. The van der Waals surface area contributed by atoms with Crippen LogP contribution >= 0.6 is 0 Å². The zero-order chi connectivity index (χ0) is 12.7. The van der Waals surface area contributed by atoms with E-state index in [9.17, 15) is 9.59 Å². The fourth-order valence-corrected chi connectivity index (χ4v) is 2.79. The predicted octanol–water partition coefficient (Wildman–Crippen LogP) is 1.70.